The Morgan fingerprint density at radius 1 is 0.855 bits per heavy atom. The summed E-state index contributed by atoms with van der Waals surface area (Å²) < 4.78 is 12.7. The number of fused-ring (bicyclic) bond motifs is 3. The Morgan fingerprint density at radius 2 is 1.51 bits per heavy atom. The number of carbonyl (C=O) groups excluding carboxylic acids is 1. The smallest absolute Gasteiger partial charge is 0.164 e. The summed E-state index contributed by atoms with van der Waals surface area (Å²) in [5.41, 5.74) is 6.40. The summed E-state index contributed by atoms with van der Waals surface area (Å²) in [6.07, 6.45) is 7.62. The zero-order valence-corrected chi connectivity index (χ0v) is 37.4. The molecular formula is C49H60IrNO4-. The van der Waals surface area contributed by atoms with Gasteiger partial charge in [0.1, 0.15) is 28.4 Å². The van der Waals surface area contributed by atoms with Crippen molar-refractivity contribution in [3.05, 3.63) is 102 Å². The first-order chi connectivity index (χ1) is 25.5. The minimum Gasteiger partial charge on any atom is -0.512 e. The molecule has 3 heterocycles. The second-order valence-corrected chi connectivity index (χ2v) is 17.0. The van der Waals surface area contributed by atoms with Gasteiger partial charge in [0, 0.05) is 70.8 Å². The van der Waals surface area contributed by atoms with E-state index in [1.807, 2.05) is 53.8 Å². The fourth-order valence-electron chi connectivity index (χ4n) is 7.05. The molecule has 3 aromatic carbocycles. The Labute approximate surface area is 342 Å². The van der Waals surface area contributed by atoms with Gasteiger partial charge in [-0.1, -0.05) is 117 Å². The maximum Gasteiger partial charge on any atom is 0.164 e. The largest absolute Gasteiger partial charge is 0.512 e. The topological polar surface area (TPSA) is 76.5 Å². The first-order valence-corrected chi connectivity index (χ1v) is 19.8. The fraction of sp³-hybridized carbons (Fsp3) is 0.429. The van der Waals surface area contributed by atoms with Crippen LogP contribution < -0.4 is 0 Å². The van der Waals surface area contributed by atoms with Crippen molar-refractivity contribution in [1.82, 2.24) is 4.98 Å². The number of allylic oxidation sites excluding steroid dienone is 2. The van der Waals surface area contributed by atoms with Crippen molar-refractivity contribution < 1.29 is 38.8 Å². The summed E-state index contributed by atoms with van der Waals surface area (Å²) in [5.74, 6) is 2.67. The normalized spacial score (nSPS) is 12.6. The van der Waals surface area contributed by atoms with Crippen molar-refractivity contribution in [3.63, 3.8) is 0 Å². The summed E-state index contributed by atoms with van der Waals surface area (Å²) in [5, 5.41) is 14.7. The Kier molecular flexibility index (Phi) is 13.9. The Morgan fingerprint density at radius 3 is 2.13 bits per heavy atom. The van der Waals surface area contributed by atoms with E-state index in [-0.39, 0.29) is 47.9 Å². The number of carbonyl (C=O) groups is 1. The van der Waals surface area contributed by atoms with Crippen LogP contribution in [-0.2, 0) is 36.7 Å². The minimum absolute atomic E-state index is 0. The molecule has 0 saturated heterocycles. The third kappa shape index (κ3) is 9.19. The van der Waals surface area contributed by atoms with Gasteiger partial charge in [0.05, 0.1) is 0 Å². The van der Waals surface area contributed by atoms with Gasteiger partial charge >= 0.3 is 0 Å². The zero-order chi connectivity index (χ0) is 39.6. The number of ketones is 1. The van der Waals surface area contributed by atoms with Crippen LogP contribution >= 0.6 is 0 Å². The molecule has 3 aromatic heterocycles. The van der Waals surface area contributed by atoms with Crippen LogP contribution in [0, 0.1) is 29.7 Å². The number of furan rings is 2. The van der Waals surface area contributed by atoms with Crippen molar-refractivity contribution in [2.75, 3.05) is 0 Å². The van der Waals surface area contributed by atoms with Gasteiger partial charge < -0.3 is 13.9 Å². The summed E-state index contributed by atoms with van der Waals surface area (Å²) in [6, 6.07) is 24.8. The Balaban J connectivity index is 0.000000320. The summed E-state index contributed by atoms with van der Waals surface area (Å²) in [7, 11) is 0. The van der Waals surface area contributed by atoms with Crippen molar-refractivity contribution in [1.29, 1.82) is 0 Å². The molecule has 0 aliphatic rings. The molecule has 0 spiro atoms. The molecule has 6 heteroatoms. The molecule has 55 heavy (non-hydrogen) atoms. The van der Waals surface area contributed by atoms with E-state index in [4.69, 9.17) is 13.8 Å². The molecule has 0 bridgehead atoms. The number of hydrogen-bond acceptors (Lipinski definition) is 5. The maximum absolute atomic E-state index is 12.2. The molecule has 6 rings (SSSR count). The number of aliphatic hydroxyl groups is 1. The standard InChI is InChI=1S/C34H32NO2.C15H28O2.Ir/c1-20(2)15-28-21(3)36-31-18-23(11-12-27(28)31)30-19-24-13-14-35-32(33(24)37-30)25-16-22-9-7-8-10-26(22)29(17-25)34(4,5)6;1-7-14(5,8-2)12(16)11-13(17)15(6,9-3)10-4;/h7-14,17-20H,15H2,1-6H3;11,16H,7-10H2,1-6H3;/q-1;;/b;12-11-;. The first-order valence-electron chi connectivity index (χ1n) is 19.8. The van der Waals surface area contributed by atoms with Gasteiger partial charge in [-0.15, -0.1) is 29.1 Å². The van der Waals surface area contributed by atoms with E-state index >= 15 is 0 Å². The molecular weight excluding hydrogens is 859 g/mol. The van der Waals surface area contributed by atoms with Crippen LogP contribution in [0.15, 0.2) is 87.5 Å². The van der Waals surface area contributed by atoms with Gasteiger partial charge in [0.25, 0.3) is 0 Å². The van der Waals surface area contributed by atoms with E-state index in [1.54, 1.807) is 0 Å². The maximum atomic E-state index is 12.2. The summed E-state index contributed by atoms with van der Waals surface area (Å²) in [6.45, 7) is 25.4. The molecule has 0 fully saturated rings. The Hall–Kier alpha value is -3.99. The number of aliphatic hydroxyl groups excluding tert-OH is 1. The predicted octanol–water partition coefficient (Wildman–Crippen LogP) is 14.3. The van der Waals surface area contributed by atoms with Gasteiger partial charge in [-0.3, -0.25) is 9.78 Å². The van der Waals surface area contributed by atoms with E-state index in [0.29, 0.717) is 5.92 Å². The molecule has 0 amide bonds. The number of hydrogen-bond donors (Lipinski definition) is 1. The molecule has 295 valence electrons. The number of pyridine rings is 1. The third-order valence-electron chi connectivity index (χ3n) is 11.8. The van der Waals surface area contributed by atoms with E-state index in [0.717, 1.165) is 82.4 Å². The number of aromatic nitrogens is 1. The molecule has 0 saturated carbocycles. The van der Waals surface area contributed by atoms with Crippen molar-refractivity contribution in [3.8, 4) is 22.6 Å². The van der Waals surface area contributed by atoms with Crippen LogP contribution in [0.2, 0.25) is 0 Å². The summed E-state index contributed by atoms with van der Waals surface area (Å²) >= 11 is 0. The van der Waals surface area contributed by atoms with Crippen LogP contribution in [0.5, 0.6) is 0 Å². The van der Waals surface area contributed by atoms with Crippen molar-refractivity contribution in [2.45, 2.75) is 121 Å². The third-order valence-corrected chi connectivity index (χ3v) is 11.8. The van der Waals surface area contributed by atoms with Crippen LogP contribution in [-0.4, -0.2) is 15.9 Å². The Bertz CT molecular complexity index is 2290. The van der Waals surface area contributed by atoms with Crippen LogP contribution in [0.4, 0.5) is 0 Å². The molecule has 0 aliphatic carbocycles. The SMILES string of the molecule is CCC(C)(CC)C(=O)/C=C(\O)C(C)(CC)CC.Cc1oc2cc(-c3cc4ccnc(-c5[c-]c6ccccc6c(C(C)(C)C)c5)c4o3)ccc2c1CC(C)C.[Ir]. The fourth-order valence-corrected chi connectivity index (χ4v) is 7.05. The second kappa shape index (κ2) is 17.4. The number of nitrogens with zero attached hydrogens (tertiary/aromatic N) is 1. The molecule has 0 unspecified atom stereocenters. The minimum atomic E-state index is -0.337. The predicted molar refractivity (Wildman–Crippen MR) is 226 cm³/mol. The molecule has 5 nitrogen and oxygen atoms in total. The van der Waals surface area contributed by atoms with Gasteiger partial charge in [-0.05, 0) is 68.6 Å². The summed E-state index contributed by atoms with van der Waals surface area (Å²) in [4.78, 5) is 16.9. The molecule has 1 N–H and O–H groups in total. The monoisotopic (exact) mass is 919 g/mol. The van der Waals surface area contributed by atoms with E-state index in [2.05, 4.69) is 102 Å². The number of aryl methyl sites for hydroxylation is 1. The van der Waals surface area contributed by atoms with Gasteiger partial charge in [-0.2, -0.15) is 0 Å². The van der Waals surface area contributed by atoms with Gasteiger partial charge in [0.15, 0.2) is 5.78 Å². The van der Waals surface area contributed by atoms with Crippen molar-refractivity contribution in [2.24, 2.45) is 16.7 Å². The molecule has 0 atom stereocenters. The second-order valence-electron chi connectivity index (χ2n) is 17.0. The average molecular weight is 919 g/mol. The van der Waals surface area contributed by atoms with Crippen LogP contribution in [0.3, 0.4) is 0 Å². The molecule has 6 aromatic rings. The van der Waals surface area contributed by atoms with E-state index < -0.39 is 0 Å². The first kappa shape index (κ1) is 43.7. The average Bonchev–Trinajstić information content (AvgIpc) is 3.73. The van der Waals surface area contributed by atoms with E-state index in [9.17, 15) is 9.90 Å². The molecule has 1 radical (unpaired) electrons. The van der Waals surface area contributed by atoms with Crippen LogP contribution in [0.1, 0.15) is 119 Å². The van der Waals surface area contributed by atoms with E-state index in [1.165, 1.54) is 28.0 Å². The van der Waals surface area contributed by atoms with Gasteiger partial charge in [0.2, 0.25) is 0 Å². The zero-order valence-electron chi connectivity index (χ0n) is 35.0. The number of benzene rings is 3. The van der Waals surface area contributed by atoms with Crippen molar-refractivity contribution >= 4 is 38.5 Å². The molecule has 0 aliphatic heterocycles. The quantitative estimate of drug-likeness (QED) is 0.0796. The van der Waals surface area contributed by atoms with Gasteiger partial charge in [-0.25, -0.2) is 0 Å². The van der Waals surface area contributed by atoms with Crippen LogP contribution in [0.25, 0.3) is 55.3 Å². The number of rotatable bonds is 11.